The first-order valence-electron chi connectivity index (χ1n) is 9.62. The van der Waals surface area contributed by atoms with Crippen LogP contribution < -0.4 is 10.2 Å². The van der Waals surface area contributed by atoms with E-state index in [2.05, 4.69) is 23.7 Å². The van der Waals surface area contributed by atoms with Gasteiger partial charge >= 0.3 is 0 Å². The molecule has 0 aromatic heterocycles. The number of carbonyl (C=O) groups excluding carboxylic acids is 2. The zero-order valence-electron chi connectivity index (χ0n) is 16.1. The van der Waals surface area contributed by atoms with E-state index in [0.717, 1.165) is 12.1 Å². The number of fused-ring (bicyclic) bond motifs is 4. The molecule has 4 rings (SSSR count). The highest BCUT2D eigenvalue weighted by atomic mass is 32.1. The second kappa shape index (κ2) is 6.91. The Hall–Kier alpha value is -2.81. The summed E-state index contributed by atoms with van der Waals surface area (Å²) in [5.74, 6) is -0.420. The molecule has 3 atom stereocenters. The van der Waals surface area contributed by atoms with Gasteiger partial charge in [-0.1, -0.05) is 13.0 Å². The zero-order valence-corrected chi connectivity index (χ0v) is 16.9. The number of nitro groups is 1. The fourth-order valence-electron chi connectivity index (χ4n) is 4.87. The number of nitro benzene ring substituents is 1. The molecular weight excluding hydrogens is 392 g/mol. The molecule has 0 radical (unpaired) electrons. The number of non-ortho nitro benzene ring substituents is 1. The molecule has 3 aliphatic rings. The van der Waals surface area contributed by atoms with Gasteiger partial charge in [0.1, 0.15) is 0 Å². The number of nitrogens with one attached hydrogen (secondary N) is 1. The molecule has 152 valence electrons. The van der Waals surface area contributed by atoms with Crippen LogP contribution in [0.2, 0.25) is 0 Å². The fraction of sp³-hybridized carbons (Fsp3) is 0.450. The molecule has 0 saturated carbocycles. The van der Waals surface area contributed by atoms with Crippen molar-refractivity contribution in [3.8, 4) is 0 Å². The van der Waals surface area contributed by atoms with Crippen LogP contribution in [0.3, 0.4) is 0 Å². The normalized spacial score (nSPS) is 28.7. The summed E-state index contributed by atoms with van der Waals surface area (Å²) in [4.78, 5) is 41.3. The number of amides is 2. The number of hydrogen-bond donors (Lipinski definition) is 1. The van der Waals surface area contributed by atoms with Crippen LogP contribution in [0.1, 0.15) is 25.3 Å². The van der Waals surface area contributed by atoms with Gasteiger partial charge in [-0.05, 0) is 42.6 Å². The van der Waals surface area contributed by atoms with Crippen LogP contribution in [-0.4, -0.2) is 45.9 Å². The van der Waals surface area contributed by atoms with Crippen molar-refractivity contribution in [3.63, 3.8) is 0 Å². The van der Waals surface area contributed by atoms with Crippen LogP contribution >= 0.6 is 12.2 Å². The van der Waals surface area contributed by atoms with E-state index in [9.17, 15) is 19.7 Å². The minimum Gasteiger partial charge on any atom is -0.367 e. The number of benzene rings is 1. The first-order chi connectivity index (χ1) is 13.8. The van der Waals surface area contributed by atoms with E-state index >= 15 is 0 Å². The summed E-state index contributed by atoms with van der Waals surface area (Å²) in [6, 6.07) is 4.37. The number of nitrogens with zero attached hydrogens (tertiary/aromatic N) is 3. The Kier molecular flexibility index (Phi) is 4.65. The van der Waals surface area contributed by atoms with Crippen LogP contribution in [0.4, 0.5) is 11.4 Å². The van der Waals surface area contributed by atoms with Gasteiger partial charge in [0.2, 0.25) is 11.8 Å². The molecular formula is C20H22N4O4S. The van der Waals surface area contributed by atoms with E-state index in [1.165, 1.54) is 17.0 Å². The predicted octanol–water partition coefficient (Wildman–Crippen LogP) is 2.17. The lowest BCUT2D eigenvalue weighted by atomic mass is 9.65. The average molecular weight is 414 g/mol. The average Bonchev–Trinajstić information content (AvgIpc) is 2.68. The van der Waals surface area contributed by atoms with Gasteiger partial charge in [-0.15, -0.1) is 6.58 Å². The summed E-state index contributed by atoms with van der Waals surface area (Å²) in [5.41, 5.74) is 0.0780. The number of rotatable bonds is 3. The molecule has 9 heteroatoms. The van der Waals surface area contributed by atoms with E-state index in [1.54, 1.807) is 12.1 Å². The lowest BCUT2D eigenvalue weighted by Crippen LogP contribution is -2.72. The van der Waals surface area contributed by atoms with Crippen LogP contribution in [0.15, 0.2) is 30.9 Å². The summed E-state index contributed by atoms with van der Waals surface area (Å²) in [5, 5.41) is 14.1. The second-order valence-corrected chi connectivity index (χ2v) is 8.41. The minimum atomic E-state index is -1.37. The molecule has 1 aromatic carbocycles. The number of piperidine rings is 1. The molecule has 1 N–H and O–H groups in total. The van der Waals surface area contributed by atoms with Crippen LogP contribution in [0.5, 0.6) is 0 Å². The van der Waals surface area contributed by atoms with Crippen LogP contribution in [0.25, 0.3) is 0 Å². The van der Waals surface area contributed by atoms with Gasteiger partial charge < -0.3 is 10.2 Å². The maximum atomic E-state index is 13.7. The largest absolute Gasteiger partial charge is 0.367 e. The van der Waals surface area contributed by atoms with Crippen molar-refractivity contribution < 1.29 is 14.5 Å². The fourth-order valence-corrected chi connectivity index (χ4v) is 5.12. The smallest absolute Gasteiger partial charge is 0.269 e. The molecule has 29 heavy (non-hydrogen) atoms. The predicted molar refractivity (Wildman–Crippen MR) is 111 cm³/mol. The van der Waals surface area contributed by atoms with E-state index in [-0.39, 0.29) is 35.7 Å². The Bertz CT molecular complexity index is 948. The topological polar surface area (TPSA) is 95.8 Å². The molecule has 8 nitrogen and oxygen atoms in total. The van der Waals surface area contributed by atoms with Crippen LogP contribution in [0, 0.1) is 21.4 Å². The van der Waals surface area contributed by atoms with Gasteiger partial charge in [0, 0.05) is 37.3 Å². The Labute approximate surface area is 173 Å². The van der Waals surface area contributed by atoms with Gasteiger partial charge in [0.15, 0.2) is 10.5 Å². The molecule has 2 saturated heterocycles. The maximum absolute atomic E-state index is 13.7. The van der Waals surface area contributed by atoms with Gasteiger partial charge in [-0.25, -0.2) is 0 Å². The first kappa shape index (κ1) is 19.5. The quantitative estimate of drug-likeness (QED) is 0.268. The molecule has 1 spiro atoms. The van der Waals surface area contributed by atoms with Gasteiger partial charge in [-0.3, -0.25) is 24.6 Å². The van der Waals surface area contributed by atoms with E-state index in [1.807, 2.05) is 0 Å². The standard InChI is InChI=1S/C20H22N4O4S/c1-3-7-23-18(26)20(17(25)21-19(23)29)11-13-10-14(24(27)28)4-5-15(13)22-8-6-12(2)9-16(20)22/h3-5,10,12,16H,1,6-9,11H2,2H3,(H,21,25,29)/t12-,16-,20-/m0/s1. The van der Waals surface area contributed by atoms with Crippen molar-refractivity contribution in [1.29, 1.82) is 0 Å². The van der Waals surface area contributed by atoms with Crippen molar-refractivity contribution in [3.05, 3.63) is 46.5 Å². The third-order valence-corrected chi connectivity index (χ3v) is 6.62. The van der Waals surface area contributed by atoms with E-state index < -0.39 is 16.2 Å². The highest BCUT2D eigenvalue weighted by Crippen LogP contribution is 2.49. The van der Waals surface area contributed by atoms with Gasteiger partial charge in [0.05, 0.1) is 11.0 Å². The zero-order chi connectivity index (χ0) is 20.9. The van der Waals surface area contributed by atoms with Crippen molar-refractivity contribution in [1.82, 2.24) is 10.2 Å². The summed E-state index contributed by atoms with van der Waals surface area (Å²) >= 11 is 5.22. The molecule has 2 fully saturated rings. The number of carbonyl (C=O) groups is 2. The monoisotopic (exact) mass is 414 g/mol. The Morgan fingerprint density at radius 1 is 1.45 bits per heavy atom. The van der Waals surface area contributed by atoms with Gasteiger partial charge in [-0.2, -0.15) is 0 Å². The summed E-state index contributed by atoms with van der Waals surface area (Å²) in [7, 11) is 0. The Balaban J connectivity index is 1.89. The number of thiocarbonyl (C=S) groups is 1. The SMILES string of the molecule is C=CCN1C(=O)[C@]2(Cc3cc([N+](=O)[O-])ccc3N3CC[C@H](C)C[C@H]32)C(=O)NC1=S. The molecule has 2 amide bonds. The Morgan fingerprint density at radius 2 is 2.21 bits per heavy atom. The maximum Gasteiger partial charge on any atom is 0.269 e. The lowest BCUT2D eigenvalue weighted by molar-refractivity contribution is -0.384. The van der Waals surface area contributed by atoms with E-state index in [4.69, 9.17) is 12.2 Å². The lowest BCUT2D eigenvalue weighted by Gasteiger charge is -2.55. The van der Waals surface area contributed by atoms with Crippen molar-refractivity contribution in [2.75, 3.05) is 18.0 Å². The van der Waals surface area contributed by atoms with Crippen molar-refractivity contribution in [2.24, 2.45) is 11.3 Å². The second-order valence-electron chi connectivity index (χ2n) is 8.02. The highest BCUT2D eigenvalue weighted by Gasteiger charge is 2.61. The first-order valence-corrected chi connectivity index (χ1v) is 10.0. The van der Waals surface area contributed by atoms with E-state index in [0.29, 0.717) is 24.4 Å². The molecule has 0 unspecified atom stereocenters. The highest BCUT2D eigenvalue weighted by molar-refractivity contribution is 7.80. The summed E-state index contributed by atoms with van der Waals surface area (Å²) < 4.78 is 0. The summed E-state index contributed by atoms with van der Waals surface area (Å²) in [6.07, 6.45) is 3.29. The van der Waals surface area contributed by atoms with Crippen molar-refractivity contribution in [2.45, 2.75) is 32.2 Å². The summed E-state index contributed by atoms with van der Waals surface area (Å²) in [6.45, 7) is 6.69. The molecule has 0 aliphatic carbocycles. The third kappa shape index (κ3) is 2.83. The molecule has 0 bridgehead atoms. The van der Waals surface area contributed by atoms with Crippen molar-refractivity contribution >= 4 is 40.5 Å². The molecule has 1 aromatic rings. The number of anilines is 1. The molecule has 3 aliphatic heterocycles. The minimum absolute atomic E-state index is 0.0511. The van der Waals surface area contributed by atoms with Crippen LogP contribution in [-0.2, 0) is 16.0 Å². The molecule has 3 heterocycles. The number of hydrogen-bond acceptors (Lipinski definition) is 6. The third-order valence-electron chi connectivity index (χ3n) is 6.30. The Morgan fingerprint density at radius 3 is 2.90 bits per heavy atom. The van der Waals surface area contributed by atoms with Gasteiger partial charge in [0.25, 0.3) is 5.69 Å².